The Bertz CT molecular complexity index is 1940. The lowest BCUT2D eigenvalue weighted by atomic mass is 9.66. The normalized spacial score (nSPS) is 20.7. The van der Waals surface area contributed by atoms with E-state index in [0.29, 0.717) is 11.8 Å². The zero-order chi connectivity index (χ0) is 33.6. The Kier molecular flexibility index (Phi) is 8.79. The highest BCUT2D eigenvalue weighted by atomic mass is 15.2. The van der Waals surface area contributed by atoms with Crippen LogP contribution in [0.3, 0.4) is 0 Å². The van der Waals surface area contributed by atoms with Gasteiger partial charge in [0.05, 0.1) is 5.41 Å². The summed E-state index contributed by atoms with van der Waals surface area (Å²) < 4.78 is 2.76. The van der Waals surface area contributed by atoms with E-state index in [4.69, 9.17) is 0 Å². The lowest BCUT2D eigenvalue weighted by Crippen LogP contribution is -2.37. The van der Waals surface area contributed by atoms with E-state index in [2.05, 4.69) is 128 Å². The molecule has 2 saturated carbocycles. The summed E-state index contributed by atoms with van der Waals surface area (Å²) in [7, 11) is 0. The second-order valence-electron chi connectivity index (χ2n) is 16.6. The van der Waals surface area contributed by atoms with Crippen LogP contribution in [0.15, 0.2) is 96.7 Å². The second kappa shape index (κ2) is 13.2. The largest absolute Gasteiger partial charge is 0.344 e. The van der Waals surface area contributed by atoms with Crippen LogP contribution in [0, 0.1) is 11.8 Å². The summed E-state index contributed by atoms with van der Waals surface area (Å²) in [6, 6.07) is 28.0. The molecule has 2 heterocycles. The van der Waals surface area contributed by atoms with Crippen molar-refractivity contribution < 1.29 is 4.58 Å². The molecule has 0 saturated heterocycles. The maximum Gasteiger partial charge on any atom is 0.210 e. The highest BCUT2D eigenvalue weighted by Crippen LogP contribution is 2.58. The minimum absolute atomic E-state index is 0.0924. The summed E-state index contributed by atoms with van der Waals surface area (Å²) in [4.78, 5) is 2.76. The van der Waals surface area contributed by atoms with Gasteiger partial charge in [0.2, 0.25) is 5.69 Å². The SMILES string of the molecule is CC(C)CCN1C(=CC=CC2=[N+](CCC(C)C)c3ccc4ccccc4c3C23CCCCC3)C2(CCCCC2)c2c1ccc1ccccc21. The summed E-state index contributed by atoms with van der Waals surface area (Å²) in [5.41, 5.74) is 9.47. The number of allylic oxidation sites excluding steroid dienone is 4. The minimum atomic E-state index is 0.0924. The molecule has 2 nitrogen and oxygen atoms in total. The minimum Gasteiger partial charge on any atom is -0.344 e. The molecule has 2 fully saturated rings. The van der Waals surface area contributed by atoms with Crippen molar-refractivity contribution in [2.45, 2.75) is 116 Å². The number of hydrogen-bond acceptors (Lipinski definition) is 1. The first-order valence-corrected chi connectivity index (χ1v) is 19.8. The molecule has 0 aromatic heterocycles. The van der Waals surface area contributed by atoms with E-state index in [1.807, 2.05) is 0 Å². The molecule has 4 aromatic carbocycles. The lowest BCUT2D eigenvalue weighted by Gasteiger charge is -2.37. The summed E-state index contributed by atoms with van der Waals surface area (Å²) in [5, 5.41) is 5.71. The van der Waals surface area contributed by atoms with Gasteiger partial charge in [-0.1, -0.05) is 127 Å². The molecular weight excluding hydrogens is 593 g/mol. The second-order valence-corrected chi connectivity index (χ2v) is 16.6. The molecule has 2 spiro atoms. The van der Waals surface area contributed by atoms with E-state index in [9.17, 15) is 0 Å². The zero-order valence-corrected chi connectivity index (χ0v) is 30.6. The summed E-state index contributed by atoms with van der Waals surface area (Å²) >= 11 is 0. The zero-order valence-electron chi connectivity index (χ0n) is 30.6. The van der Waals surface area contributed by atoms with E-state index < -0.39 is 0 Å². The Morgan fingerprint density at radius 2 is 1.24 bits per heavy atom. The predicted octanol–water partition coefficient (Wildman–Crippen LogP) is 12.5. The lowest BCUT2D eigenvalue weighted by molar-refractivity contribution is -0.439. The van der Waals surface area contributed by atoms with E-state index in [-0.39, 0.29) is 10.8 Å². The molecule has 4 aliphatic rings. The van der Waals surface area contributed by atoms with Gasteiger partial charge in [-0.3, -0.25) is 0 Å². The third-order valence-electron chi connectivity index (χ3n) is 12.7. The molecule has 8 rings (SSSR count). The van der Waals surface area contributed by atoms with Crippen molar-refractivity contribution in [2.75, 3.05) is 18.0 Å². The van der Waals surface area contributed by atoms with E-state index in [0.717, 1.165) is 13.1 Å². The molecule has 0 atom stereocenters. The van der Waals surface area contributed by atoms with Crippen LogP contribution in [-0.2, 0) is 10.8 Å². The summed E-state index contributed by atoms with van der Waals surface area (Å²) in [6.07, 6.45) is 23.1. The molecule has 0 unspecified atom stereocenters. The van der Waals surface area contributed by atoms with Gasteiger partial charge in [-0.2, -0.15) is 4.58 Å². The van der Waals surface area contributed by atoms with Gasteiger partial charge in [0.1, 0.15) is 6.54 Å². The van der Waals surface area contributed by atoms with Crippen molar-refractivity contribution in [1.82, 2.24) is 0 Å². The monoisotopic (exact) mass is 649 g/mol. The van der Waals surface area contributed by atoms with Crippen LogP contribution in [0.25, 0.3) is 21.5 Å². The Morgan fingerprint density at radius 1 is 0.653 bits per heavy atom. The first-order valence-electron chi connectivity index (χ1n) is 19.8. The topological polar surface area (TPSA) is 6.25 Å². The predicted molar refractivity (Wildman–Crippen MR) is 211 cm³/mol. The quantitative estimate of drug-likeness (QED) is 0.172. The van der Waals surface area contributed by atoms with Gasteiger partial charge in [-0.25, -0.2) is 0 Å². The molecule has 4 aromatic rings. The van der Waals surface area contributed by atoms with Crippen molar-refractivity contribution in [3.63, 3.8) is 0 Å². The third kappa shape index (κ3) is 5.49. The van der Waals surface area contributed by atoms with Crippen LogP contribution in [-0.4, -0.2) is 23.4 Å². The average molecular weight is 650 g/mol. The molecular formula is C47H57N2+. The van der Waals surface area contributed by atoms with E-state index in [1.165, 1.54) is 110 Å². The molecule has 2 heteroatoms. The molecule has 2 aliphatic carbocycles. The van der Waals surface area contributed by atoms with Crippen molar-refractivity contribution in [2.24, 2.45) is 11.8 Å². The van der Waals surface area contributed by atoms with E-state index in [1.54, 1.807) is 22.5 Å². The van der Waals surface area contributed by atoms with Crippen LogP contribution in [0.4, 0.5) is 11.4 Å². The maximum absolute atomic E-state index is 2.76. The molecule has 0 bridgehead atoms. The van der Waals surface area contributed by atoms with Crippen LogP contribution in [0.1, 0.15) is 116 Å². The molecule has 254 valence electrons. The highest BCUT2D eigenvalue weighted by molar-refractivity contribution is 6.08. The number of rotatable bonds is 8. The van der Waals surface area contributed by atoms with Crippen molar-refractivity contribution in [3.05, 3.63) is 108 Å². The maximum atomic E-state index is 2.76. The van der Waals surface area contributed by atoms with Gasteiger partial charge < -0.3 is 4.90 Å². The van der Waals surface area contributed by atoms with Crippen molar-refractivity contribution >= 4 is 38.6 Å². The molecule has 0 radical (unpaired) electrons. The van der Waals surface area contributed by atoms with Crippen molar-refractivity contribution in [3.8, 4) is 0 Å². The van der Waals surface area contributed by atoms with Crippen molar-refractivity contribution in [1.29, 1.82) is 0 Å². The number of anilines is 1. The van der Waals surface area contributed by atoms with Gasteiger partial charge in [0, 0.05) is 47.5 Å². The number of fused-ring (bicyclic) bond motifs is 8. The first-order chi connectivity index (χ1) is 23.9. The van der Waals surface area contributed by atoms with Crippen LogP contribution in [0.5, 0.6) is 0 Å². The van der Waals surface area contributed by atoms with Crippen LogP contribution >= 0.6 is 0 Å². The van der Waals surface area contributed by atoms with Gasteiger partial charge in [-0.05, 0) is 89.3 Å². The van der Waals surface area contributed by atoms with Gasteiger partial charge in [-0.15, -0.1) is 0 Å². The Hall–Kier alpha value is -3.65. The Balaban J connectivity index is 1.30. The summed E-state index contributed by atoms with van der Waals surface area (Å²) in [5.74, 6) is 1.35. The van der Waals surface area contributed by atoms with Crippen LogP contribution in [0.2, 0.25) is 0 Å². The smallest absolute Gasteiger partial charge is 0.210 e. The molecule has 2 aliphatic heterocycles. The third-order valence-corrected chi connectivity index (χ3v) is 12.7. The molecule has 0 amide bonds. The fraction of sp³-hybridized carbons (Fsp3) is 0.468. The average Bonchev–Trinajstić information content (AvgIpc) is 3.52. The molecule has 49 heavy (non-hydrogen) atoms. The van der Waals surface area contributed by atoms with Gasteiger partial charge >= 0.3 is 0 Å². The highest BCUT2D eigenvalue weighted by Gasteiger charge is 2.52. The van der Waals surface area contributed by atoms with Gasteiger partial charge in [0.25, 0.3) is 0 Å². The fourth-order valence-corrected chi connectivity index (χ4v) is 10.3. The van der Waals surface area contributed by atoms with E-state index >= 15 is 0 Å². The van der Waals surface area contributed by atoms with Gasteiger partial charge in [0.15, 0.2) is 5.71 Å². The number of hydrogen-bond donors (Lipinski definition) is 0. The first kappa shape index (κ1) is 32.5. The summed E-state index contributed by atoms with van der Waals surface area (Å²) in [6.45, 7) is 11.7. The molecule has 0 N–H and O–H groups in total. The number of benzene rings is 4. The fourth-order valence-electron chi connectivity index (χ4n) is 10.3. The number of nitrogens with zero attached hydrogens (tertiary/aromatic N) is 2. The standard InChI is InChI=1S/C47H57N2/c1-34(2)26-32-48-40-24-22-36-16-7-9-18-38(36)44(40)46(28-11-5-12-29-46)42(48)20-15-21-43-47(30-13-6-14-31-47)45-39-19-10-8-17-37(39)23-25-41(45)49(43)33-27-35(3)4/h7-10,15-25,34-35H,5-6,11-14,26-33H2,1-4H3/q+1. The Labute approximate surface area is 295 Å². The Morgan fingerprint density at radius 3 is 1.90 bits per heavy atom. The van der Waals surface area contributed by atoms with Crippen LogP contribution < -0.4 is 4.90 Å².